The van der Waals surface area contributed by atoms with Crippen LogP contribution in [0.2, 0.25) is 5.02 Å². The molecule has 0 aliphatic heterocycles. The Hall–Kier alpha value is -3.15. The summed E-state index contributed by atoms with van der Waals surface area (Å²) in [6, 6.07) is 13.8. The maximum atomic E-state index is 12.2. The van der Waals surface area contributed by atoms with Crippen molar-refractivity contribution in [3.63, 3.8) is 0 Å². The van der Waals surface area contributed by atoms with Crippen LogP contribution in [0.15, 0.2) is 36.4 Å². The van der Waals surface area contributed by atoms with Crippen molar-refractivity contribution < 1.29 is 9.59 Å². The first-order valence-electron chi connectivity index (χ1n) is 9.15. The van der Waals surface area contributed by atoms with Crippen LogP contribution < -0.4 is 15.5 Å². The van der Waals surface area contributed by atoms with E-state index in [-0.39, 0.29) is 25.4 Å². The number of hydrogen-bond acceptors (Lipinski definition) is 6. The van der Waals surface area contributed by atoms with Crippen molar-refractivity contribution in [3.05, 3.63) is 46.4 Å². The summed E-state index contributed by atoms with van der Waals surface area (Å²) in [7, 11) is 3.86. The highest BCUT2D eigenvalue weighted by Crippen LogP contribution is 2.42. The van der Waals surface area contributed by atoms with Gasteiger partial charge in [0.2, 0.25) is 11.8 Å². The number of carbonyl (C=O) groups is 2. The van der Waals surface area contributed by atoms with E-state index in [0.29, 0.717) is 15.5 Å². The molecule has 1 aromatic heterocycles. The summed E-state index contributed by atoms with van der Waals surface area (Å²) >= 11 is 8.11. The Kier molecular flexibility index (Phi) is 6.87. The number of carbonyl (C=O) groups excluding carboxylic acids is 2. The molecule has 0 aliphatic carbocycles. The topological polar surface area (TPSA) is 98.1 Å². The number of halogens is 1. The van der Waals surface area contributed by atoms with E-state index in [1.165, 1.54) is 11.3 Å². The van der Waals surface area contributed by atoms with Gasteiger partial charge in [-0.2, -0.15) is 5.26 Å². The highest BCUT2D eigenvalue weighted by molar-refractivity contribution is 7.18. The van der Waals surface area contributed by atoms with Crippen molar-refractivity contribution in [3.8, 4) is 17.2 Å². The van der Waals surface area contributed by atoms with Crippen molar-refractivity contribution in [2.75, 3.05) is 32.1 Å². The zero-order valence-electron chi connectivity index (χ0n) is 16.5. The van der Waals surface area contributed by atoms with E-state index in [0.717, 1.165) is 21.5 Å². The van der Waals surface area contributed by atoms with Gasteiger partial charge in [0.05, 0.1) is 34.4 Å². The van der Waals surface area contributed by atoms with E-state index < -0.39 is 5.91 Å². The number of hydrogen-bond donors (Lipinski definition) is 2. The van der Waals surface area contributed by atoms with E-state index in [2.05, 4.69) is 15.6 Å². The van der Waals surface area contributed by atoms with Gasteiger partial charge in [-0.15, -0.1) is 11.3 Å². The van der Waals surface area contributed by atoms with Crippen LogP contribution in [0.25, 0.3) is 21.3 Å². The number of amides is 2. The second-order valence-corrected chi connectivity index (χ2v) is 8.18. The summed E-state index contributed by atoms with van der Waals surface area (Å²) in [5.41, 5.74) is 3.55. The first-order chi connectivity index (χ1) is 14.4. The van der Waals surface area contributed by atoms with Gasteiger partial charge in [-0.05, 0) is 11.6 Å². The summed E-state index contributed by atoms with van der Waals surface area (Å²) in [5, 5.41) is 14.5. The molecule has 0 fully saturated rings. The molecule has 2 N–H and O–H groups in total. The minimum atomic E-state index is -0.416. The number of nitriles is 1. The molecule has 0 saturated heterocycles. The van der Waals surface area contributed by atoms with Gasteiger partial charge in [0.1, 0.15) is 17.1 Å². The molecule has 2 amide bonds. The van der Waals surface area contributed by atoms with Gasteiger partial charge in [0.15, 0.2) is 0 Å². The van der Waals surface area contributed by atoms with Crippen molar-refractivity contribution in [2.24, 2.45) is 0 Å². The van der Waals surface area contributed by atoms with Crippen LogP contribution in [-0.2, 0) is 16.0 Å². The second-order valence-electron chi connectivity index (χ2n) is 6.69. The molecule has 9 heteroatoms. The molecule has 0 spiro atoms. The second kappa shape index (κ2) is 9.57. The van der Waals surface area contributed by atoms with Crippen molar-refractivity contribution in [1.29, 1.82) is 5.26 Å². The number of thiazole rings is 1. The average molecular weight is 442 g/mol. The van der Waals surface area contributed by atoms with Gasteiger partial charge in [-0.3, -0.25) is 9.59 Å². The van der Waals surface area contributed by atoms with Crippen molar-refractivity contribution >= 4 is 50.7 Å². The Labute approximate surface area is 183 Å². The normalized spacial score (nSPS) is 10.5. The smallest absolute Gasteiger partial charge is 0.240 e. The SMILES string of the molecule is CN(C)c1c(-c2ccccc2)cc2sc(CC(=O)NCC(=O)NCC#N)nc2c1Cl. The number of nitrogens with one attached hydrogen (secondary N) is 2. The summed E-state index contributed by atoms with van der Waals surface area (Å²) < 4.78 is 0.888. The molecule has 1 heterocycles. The van der Waals surface area contributed by atoms with Crippen LogP contribution in [-0.4, -0.2) is 44.0 Å². The molecule has 7 nitrogen and oxygen atoms in total. The third kappa shape index (κ3) is 4.87. The average Bonchev–Trinajstić information content (AvgIpc) is 3.13. The quantitative estimate of drug-likeness (QED) is 0.549. The fraction of sp³-hybridized carbons (Fsp3) is 0.238. The molecule has 0 radical (unpaired) electrons. The summed E-state index contributed by atoms with van der Waals surface area (Å²) in [5.74, 6) is -0.742. The number of rotatable bonds is 7. The molecule has 30 heavy (non-hydrogen) atoms. The lowest BCUT2D eigenvalue weighted by molar-refractivity contribution is -0.125. The van der Waals surface area contributed by atoms with E-state index in [1.54, 1.807) is 6.07 Å². The molecule has 3 rings (SSSR count). The lowest BCUT2D eigenvalue weighted by Gasteiger charge is -2.19. The molecule has 0 unspecified atom stereocenters. The van der Waals surface area contributed by atoms with E-state index in [4.69, 9.17) is 16.9 Å². The maximum absolute atomic E-state index is 12.2. The molecule has 2 aromatic carbocycles. The van der Waals surface area contributed by atoms with Gasteiger partial charge in [-0.1, -0.05) is 41.9 Å². The Bertz CT molecular complexity index is 1120. The summed E-state index contributed by atoms with van der Waals surface area (Å²) in [4.78, 5) is 30.2. The number of aromatic nitrogens is 1. The maximum Gasteiger partial charge on any atom is 0.240 e. The van der Waals surface area contributed by atoms with Crippen LogP contribution in [0.4, 0.5) is 5.69 Å². The van der Waals surface area contributed by atoms with Crippen molar-refractivity contribution in [1.82, 2.24) is 15.6 Å². The monoisotopic (exact) mass is 441 g/mol. The fourth-order valence-corrected chi connectivity index (χ4v) is 4.48. The Morgan fingerprint density at radius 1 is 1.20 bits per heavy atom. The fourth-order valence-electron chi connectivity index (χ4n) is 2.99. The Balaban J connectivity index is 1.86. The van der Waals surface area contributed by atoms with Gasteiger partial charge >= 0.3 is 0 Å². The molecule has 0 aliphatic rings. The summed E-state index contributed by atoms with van der Waals surface area (Å²) in [6.45, 7) is -0.280. The molecule has 0 atom stereocenters. The van der Waals surface area contributed by atoms with Crippen LogP contribution in [0, 0.1) is 11.3 Å². The predicted molar refractivity (Wildman–Crippen MR) is 120 cm³/mol. The molecular formula is C21H20ClN5O2S. The minimum Gasteiger partial charge on any atom is -0.376 e. The zero-order valence-corrected chi connectivity index (χ0v) is 18.1. The molecule has 3 aromatic rings. The first kappa shape index (κ1) is 21.6. The number of fused-ring (bicyclic) bond motifs is 1. The highest BCUT2D eigenvalue weighted by Gasteiger charge is 2.19. The lowest BCUT2D eigenvalue weighted by atomic mass is 10.0. The molecule has 0 bridgehead atoms. The third-order valence-corrected chi connectivity index (χ3v) is 5.66. The first-order valence-corrected chi connectivity index (χ1v) is 10.3. The van der Waals surface area contributed by atoms with Gasteiger partial charge in [0, 0.05) is 19.7 Å². The highest BCUT2D eigenvalue weighted by atomic mass is 35.5. The van der Waals surface area contributed by atoms with Crippen LogP contribution in [0.5, 0.6) is 0 Å². The number of anilines is 1. The Morgan fingerprint density at radius 3 is 2.60 bits per heavy atom. The number of benzene rings is 2. The lowest BCUT2D eigenvalue weighted by Crippen LogP contribution is -2.37. The number of nitrogens with zero attached hydrogens (tertiary/aromatic N) is 3. The molecular weight excluding hydrogens is 422 g/mol. The molecule has 154 valence electrons. The Morgan fingerprint density at radius 2 is 1.93 bits per heavy atom. The van der Waals surface area contributed by atoms with E-state index in [9.17, 15) is 9.59 Å². The standard InChI is InChI=1S/C21H20ClN5O2S/c1-27(2)21-14(13-6-4-3-5-7-13)10-15-20(19(21)22)26-18(30-15)11-16(28)25-12-17(29)24-9-8-23/h3-7,10H,9,11-12H2,1-2H3,(H,24,29)(H,25,28). The van der Waals surface area contributed by atoms with Gasteiger partial charge < -0.3 is 15.5 Å². The van der Waals surface area contributed by atoms with Crippen LogP contribution in [0.3, 0.4) is 0 Å². The van der Waals surface area contributed by atoms with Crippen LogP contribution in [0.1, 0.15) is 5.01 Å². The van der Waals surface area contributed by atoms with Gasteiger partial charge in [-0.25, -0.2) is 4.98 Å². The predicted octanol–water partition coefficient (Wildman–Crippen LogP) is 2.98. The zero-order chi connectivity index (χ0) is 21.7. The molecule has 0 saturated carbocycles. The van der Waals surface area contributed by atoms with Crippen LogP contribution >= 0.6 is 22.9 Å². The van der Waals surface area contributed by atoms with Gasteiger partial charge in [0.25, 0.3) is 0 Å². The van der Waals surface area contributed by atoms with E-state index in [1.807, 2.05) is 55.4 Å². The van der Waals surface area contributed by atoms with E-state index >= 15 is 0 Å². The third-order valence-electron chi connectivity index (χ3n) is 4.30. The summed E-state index contributed by atoms with van der Waals surface area (Å²) in [6.07, 6.45) is 0.0408. The minimum absolute atomic E-state index is 0.0408. The largest absolute Gasteiger partial charge is 0.376 e. The van der Waals surface area contributed by atoms with Crippen molar-refractivity contribution in [2.45, 2.75) is 6.42 Å².